The van der Waals surface area contributed by atoms with Crippen LogP contribution in [0.3, 0.4) is 0 Å². The Hall–Kier alpha value is -3.10. The molecule has 0 radical (unpaired) electrons. The summed E-state index contributed by atoms with van der Waals surface area (Å²) in [4.78, 5) is 12.7. The second-order valence-electron chi connectivity index (χ2n) is 7.13. The first-order valence-electron chi connectivity index (χ1n) is 9.61. The Morgan fingerprint density at radius 2 is 2.07 bits per heavy atom. The van der Waals surface area contributed by atoms with Crippen molar-refractivity contribution in [3.05, 3.63) is 48.0 Å². The predicted molar refractivity (Wildman–Crippen MR) is 114 cm³/mol. The van der Waals surface area contributed by atoms with Gasteiger partial charge in [0.25, 0.3) is 0 Å². The molecule has 0 saturated carbocycles. The van der Waals surface area contributed by atoms with Crippen molar-refractivity contribution in [2.45, 2.75) is 25.2 Å². The number of aromatic nitrogens is 4. The molecule has 4 aromatic rings. The molecule has 8 nitrogen and oxygen atoms in total. The van der Waals surface area contributed by atoms with Crippen LogP contribution in [0.15, 0.2) is 43.0 Å². The summed E-state index contributed by atoms with van der Waals surface area (Å²) in [6.07, 6.45) is 6.62. The van der Waals surface area contributed by atoms with E-state index in [2.05, 4.69) is 15.0 Å². The van der Waals surface area contributed by atoms with Gasteiger partial charge in [0.05, 0.1) is 29.1 Å². The maximum atomic E-state index is 6.26. The molecule has 1 aromatic carbocycles. The first kappa shape index (κ1) is 18.9. The quantitative estimate of drug-likeness (QED) is 0.516. The van der Waals surface area contributed by atoms with E-state index in [-0.39, 0.29) is 12.3 Å². The van der Waals surface area contributed by atoms with E-state index in [1.807, 2.05) is 29.0 Å². The summed E-state index contributed by atoms with van der Waals surface area (Å²) in [5, 5.41) is 2.27. The second kappa shape index (κ2) is 7.62. The van der Waals surface area contributed by atoms with Crippen LogP contribution in [0.1, 0.15) is 19.1 Å². The van der Waals surface area contributed by atoms with Crippen LogP contribution in [-0.2, 0) is 4.74 Å². The lowest BCUT2D eigenvalue weighted by Crippen LogP contribution is -2.18. The molecule has 5 rings (SSSR count). The molecule has 1 aliphatic rings. The van der Waals surface area contributed by atoms with E-state index in [0.29, 0.717) is 28.9 Å². The summed E-state index contributed by atoms with van der Waals surface area (Å²) in [6.45, 7) is 0.398. The number of anilines is 1. The largest absolute Gasteiger partial charge is 0.493 e. The third kappa shape index (κ3) is 3.28. The molecule has 3 aromatic heterocycles. The van der Waals surface area contributed by atoms with Crippen molar-refractivity contribution in [3.63, 3.8) is 0 Å². The average molecular weight is 426 g/mol. The van der Waals surface area contributed by atoms with Crippen LogP contribution >= 0.6 is 11.6 Å². The topological polar surface area (TPSA) is 97.3 Å². The first-order valence-corrected chi connectivity index (χ1v) is 9.99. The van der Waals surface area contributed by atoms with Gasteiger partial charge in [-0.05, 0) is 31.0 Å². The number of pyridine rings is 1. The van der Waals surface area contributed by atoms with Crippen LogP contribution in [-0.4, -0.2) is 39.3 Å². The predicted octanol–water partition coefficient (Wildman–Crippen LogP) is 3.98. The number of hydrogen-bond acceptors (Lipinski definition) is 7. The summed E-state index contributed by atoms with van der Waals surface area (Å²) in [6, 6.07) is 7.34. The molecular weight excluding hydrogens is 406 g/mol. The molecule has 0 bridgehead atoms. The van der Waals surface area contributed by atoms with Crippen molar-refractivity contribution in [2.75, 3.05) is 19.5 Å². The molecule has 0 aliphatic carbocycles. The van der Waals surface area contributed by atoms with E-state index >= 15 is 0 Å². The van der Waals surface area contributed by atoms with Crippen LogP contribution in [0.4, 0.5) is 5.82 Å². The summed E-state index contributed by atoms with van der Waals surface area (Å²) in [5.74, 6) is 1.68. The Balaban J connectivity index is 1.31. The Labute approximate surface area is 177 Å². The fraction of sp³-hybridized carbons (Fsp3) is 0.286. The van der Waals surface area contributed by atoms with Crippen LogP contribution in [0.5, 0.6) is 11.5 Å². The van der Waals surface area contributed by atoms with Crippen molar-refractivity contribution < 1.29 is 14.2 Å². The fourth-order valence-electron chi connectivity index (χ4n) is 3.81. The number of fused-ring (bicyclic) bond motifs is 2. The minimum atomic E-state index is -0.121. The standard InChI is InChI=1S/C21H20ClN5O3/c1-28-17-8-14-15(22)4-6-24-16(14)9-18(17)29-10-12-2-3-19(30-12)27-7-5-13-20(23)25-11-26-21(13)27/h4-9,11-12,19H,2-3,10H2,1H3,(H2,23,25,26)/t12-,19+/m0/s1. The zero-order chi connectivity index (χ0) is 20.7. The Morgan fingerprint density at radius 1 is 1.17 bits per heavy atom. The Morgan fingerprint density at radius 3 is 2.93 bits per heavy atom. The minimum Gasteiger partial charge on any atom is -0.493 e. The third-order valence-corrected chi connectivity index (χ3v) is 5.66. The van der Waals surface area contributed by atoms with E-state index in [0.717, 1.165) is 34.8 Å². The van der Waals surface area contributed by atoms with Crippen LogP contribution < -0.4 is 15.2 Å². The molecule has 2 N–H and O–H groups in total. The molecule has 4 heterocycles. The number of nitrogen functional groups attached to an aromatic ring is 1. The molecule has 30 heavy (non-hydrogen) atoms. The zero-order valence-corrected chi connectivity index (χ0v) is 17.0. The molecule has 2 atom stereocenters. The Bertz CT molecular complexity index is 1230. The van der Waals surface area contributed by atoms with Gasteiger partial charge in [0, 0.05) is 23.8 Å². The second-order valence-corrected chi connectivity index (χ2v) is 7.54. The van der Waals surface area contributed by atoms with Gasteiger partial charge >= 0.3 is 0 Å². The first-order chi connectivity index (χ1) is 14.6. The highest BCUT2D eigenvalue weighted by Gasteiger charge is 2.28. The molecular formula is C21H20ClN5O3. The number of methoxy groups -OCH3 is 1. The maximum Gasteiger partial charge on any atom is 0.163 e. The van der Waals surface area contributed by atoms with Crippen LogP contribution in [0, 0.1) is 0 Å². The van der Waals surface area contributed by atoms with Gasteiger partial charge in [0.15, 0.2) is 11.5 Å². The highest BCUT2D eigenvalue weighted by Crippen LogP contribution is 2.36. The highest BCUT2D eigenvalue weighted by atomic mass is 35.5. The lowest BCUT2D eigenvalue weighted by Gasteiger charge is -2.17. The molecule has 1 fully saturated rings. The fourth-order valence-corrected chi connectivity index (χ4v) is 4.02. The molecule has 0 unspecified atom stereocenters. The number of ether oxygens (including phenoxy) is 3. The maximum absolute atomic E-state index is 6.26. The molecule has 9 heteroatoms. The van der Waals surface area contributed by atoms with Gasteiger partial charge in [-0.2, -0.15) is 0 Å². The van der Waals surface area contributed by atoms with Gasteiger partial charge in [-0.25, -0.2) is 9.97 Å². The lowest BCUT2D eigenvalue weighted by molar-refractivity contribution is -0.0159. The molecule has 154 valence electrons. The number of hydrogen-bond donors (Lipinski definition) is 1. The van der Waals surface area contributed by atoms with Crippen molar-refractivity contribution in [1.82, 2.24) is 19.5 Å². The van der Waals surface area contributed by atoms with Crippen LogP contribution in [0.2, 0.25) is 5.02 Å². The monoisotopic (exact) mass is 425 g/mol. The molecule has 0 spiro atoms. The Kier molecular flexibility index (Phi) is 4.80. The smallest absolute Gasteiger partial charge is 0.163 e. The van der Waals surface area contributed by atoms with Crippen molar-refractivity contribution >= 4 is 39.4 Å². The van der Waals surface area contributed by atoms with E-state index in [4.69, 9.17) is 31.5 Å². The van der Waals surface area contributed by atoms with Gasteiger partial charge < -0.3 is 24.5 Å². The van der Waals surface area contributed by atoms with Gasteiger partial charge in [-0.1, -0.05) is 11.6 Å². The van der Waals surface area contributed by atoms with Crippen molar-refractivity contribution in [1.29, 1.82) is 0 Å². The van der Waals surface area contributed by atoms with Gasteiger partial charge in [-0.15, -0.1) is 0 Å². The summed E-state index contributed by atoms with van der Waals surface area (Å²) in [7, 11) is 1.60. The van der Waals surface area contributed by atoms with Gasteiger partial charge in [-0.3, -0.25) is 4.98 Å². The summed E-state index contributed by atoms with van der Waals surface area (Å²) < 4.78 is 19.7. The zero-order valence-electron chi connectivity index (χ0n) is 16.3. The molecule has 1 saturated heterocycles. The van der Waals surface area contributed by atoms with Crippen molar-refractivity contribution in [2.24, 2.45) is 0 Å². The van der Waals surface area contributed by atoms with E-state index in [1.54, 1.807) is 19.4 Å². The van der Waals surface area contributed by atoms with Gasteiger partial charge in [0.2, 0.25) is 0 Å². The van der Waals surface area contributed by atoms with Gasteiger partial charge in [0.1, 0.15) is 30.6 Å². The van der Waals surface area contributed by atoms with E-state index in [1.165, 1.54) is 6.33 Å². The number of nitrogens with zero attached hydrogens (tertiary/aromatic N) is 4. The highest BCUT2D eigenvalue weighted by molar-refractivity contribution is 6.35. The summed E-state index contributed by atoms with van der Waals surface area (Å²) >= 11 is 6.26. The van der Waals surface area contributed by atoms with E-state index in [9.17, 15) is 0 Å². The van der Waals surface area contributed by atoms with Crippen molar-refractivity contribution in [3.8, 4) is 11.5 Å². The molecule has 0 amide bonds. The SMILES string of the molecule is COc1cc2c(Cl)ccnc2cc1OC[C@@H]1CC[C@H](n2ccc3c(N)ncnc32)O1. The molecule has 1 aliphatic heterocycles. The van der Waals surface area contributed by atoms with E-state index < -0.39 is 0 Å². The summed E-state index contributed by atoms with van der Waals surface area (Å²) in [5.41, 5.74) is 7.45. The number of nitrogens with two attached hydrogens (primary N) is 1. The third-order valence-electron chi connectivity index (χ3n) is 5.33. The normalized spacial score (nSPS) is 18.9. The average Bonchev–Trinajstić information content (AvgIpc) is 3.39. The number of halogens is 1. The lowest BCUT2D eigenvalue weighted by atomic mass is 10.2. The minimum absolute atomic E-state index is 0.0562. The number of benzene rings is 1. The number of rotatable bonds is 5. The van der Waals surface area contributed by atoms with Crippen LogP contribution in [0.25, 0.3) is 21.9 Å².